The predicted molar refractivity (Wildman–Crippen MR) is 228 cm³/mol. The molecule has 0 bridgehead atoms. The molecule has 8 aromatic carbocycles. The average molecular weight is 706 g/mol. The van der Waals surface area contributed by atoms with Crippen LogP contribution in [0.4, 0.5) is 17.1 Å². The maximum atomic E-state index is 6.67. The van der Waals surface area contributed by atoms with Gasteiger partial charge in [-0.2, -0.15) is 0 Å². The van der Waals surface area contributed by atoms with Gasteiger partial charge in [0.05, 0.1) is 0 Å². The molecule has 1 atom stereocenters. The number of nitrogens with zero attached hydrogens (tertiary/aromatic N) is 1. The van der Waals surface area contributed by atoms with Gasteiger partial charge in [0.15, 0.2) is 0 Å². The van der Waals surface area contributed by atoms with Crippen LogP contribution in [0.25, 0.3) is 71.7 Å². The third kappa shape index (κ3) is 5.35. The van der Waals surface area contributed by atoms with E-state index in [4.69, 9.17) is 9.15 Å². The standard InChI is InChI=1S/C52H35NO2/c1-3-12-35(13-4-1)47-33-48-45-29-24-37(31-51(45)55-52(48)46-20-8-7-18-42(46)47)34-22-26-40(27-23-34)53(39-15-5-2-6-16-39)41-17-11-14-36(30-41)38-25-28-44-43-19-9-10-21-49(43)54-50(44)32-38/h1-20,22-33,49H,21H2. The summed E-state index contributed by atoms with van der Waals surface area (Å²) in [6.07, 6.45) is 7.53. The number of furan rings is 1. The van der Waals surface area contributed by atoms with Gasteiger partial charge < -0.3 is 14.1 Å². The fraction of sp³-hybridized carbons (Fsp3) is 0.0385. The summed E-state index contributed by atoms with van der Waals surface area (Å²) in [5.41, 5.74) is 14.5. The van der Waals surface area contributed by atoms with Crippen LogP contribution in [0.2, 0.25) is 0 Å². The van der Waals surface area contributed by atoms with E-state index in [1.807, 2.05) is 0 Å². The molecule has 0 N–H and O–H groups in total. The van der Waals surface area contributed by atoms with Crippen molar-refractivity contribution in [1.29, 1.82) is 0 Å². The lowest BCUT2D eigenvalue weighted by Crippen LogP contribution is -2.12. The van der Waals surface area contributed by atoms with Crippen LogP contribution in [-0.2, 0) is 0 Å². The molecule has 0 radical (unpaired) electrons. The molecule has 0 spiro atoms. The molecule has 1 aliphatic heterocycles. The van der Waals surface area contributed by atoms with Gasteiger partial charge in [0.1, 0.15) is 23.0 Å². The van der Waals surface area contributed by atoms with Crippen molar-refractivity contribution < 1.29 is 9.15 Å². The van der Waals surface area contributed by atoms with Crippen LogP contribution in [-0.4, -0.2) is 6.10 Å². The van der Waals surface area contributed by atoms with E-state index in [1.54, 1.807) is 0 Å². The SMILES string of the molecule is C1=CCC2Oc3cc(-c4cccc(N(c5ccccc5)c5ccc(-c6ccc7c(c6)oc6c8ccccc8c(-c8ccccc8)cc76)cc5)c4)ccc3C2=C1. The van der Waals surface area contributed by atoms with Crippen LogP contribution in [0.3, 0.4) is 0 Å². The van der Waals surface area contributed by atoms with Crippen molar-refractivity contribution in [1.82, 2.24) is 0 Å². The van der Waals surface area contributed by atoms with Crippen molar-refractivity contribution >= 4 is 55.3 Å². The average Bonchev–Trinajstić information content (AvgIpc) is 3.82. The summed E-state index contributed by atoms with van der Waals surface area (Å²) >= 11 is 0. The van der Waals surface area contributed by atoms with Crippen LogP contribution >= 0.6 is 0 Å². The quantitative estimate of drug-likeness (QED) is 0.172. The summed E-state index contributed by atoms with van der Waals surface area (Å²) in [4.78, 5) is 2.32. The second-order valence-electron chi connectivity index (χ2n) is 14.4. The topological polar surface area (TPSA) is 25.6 Å². The van der Waals surface area contributed by atoms with E-state index < -0.39 is 0 Å². The monoisotopic (exact) mass is 705 g/mol. The zero-order chi connectivity index (χ0) is 36.3. The zero-order valence-corrected chi connectivity index (χ0v) is 30.0. The van der Waals surface area contributed by atoms with Crippen LogP contribution in [0.5, 0.6) is 5.75 Å². The molecule has 2 aliphatic rings. The zero-order valence-electron chi connectivity index (χ0n) is 30.0. The first-order valence-corrected chi connectivity index (χ1v) is 18.9. The second-order valence-corrected chi connectivity index (χ2v) is 14.4. The summed E-state index contributed by atoms with van der Waals surface area (Å²) in [6.45, 7) is 0. The van der Waals surface area contributed by atoms with E-state index in [0.717, 1.165) is 78.8 Å². The number of anilines is 3. The summed E-state index contributed by atoms with van der Waals surface area (Å²) in [5, 5.41) is 4.58. The maximum Gasteiger partial charge on any atom is 0.143 e. The van der Waals surface area contributed by atoms with E-state index >= 15 is 0 Å². The van der Waals surface area contributed by atoms with Gasteiger partial charge in [-0.05, 0) is 99.4 Å². The highest BCUT2D eigenvalue weighted by atomic mass is 16.5. The van der Waals surface area contributed by atoms with Gasteiger partial charge in [0, 0.05) is 50.8 Å². The first-order chi connectivity index (χ1) is 27.2. The van der Waals surface area contributed by atoms with Crippen molar-refractivity contribution in [2.75, 3.05) is 4.90 Å². The second kappa shape index (κ2) is 12.8. The Morgan fingerprint density at radius 1 is 0.455 bits per heavy atom. The largest absolute Gasteiger partial charge is 0.485 e. The number of allylic oxidation sites excluding steroid dienone is 2. The Hall–Kier alpha value is -7.10. The van der Waals surface area contributed by atoms with Gasteiger partial charge in [0.25, 0.3) is 0 Å². The molecular formula is C52H35NO2. The lowest BCUT2D eigenvalue weighted by Gasteiger charge is -2.26. The lowest BCUT2D eigenvalue weighted by atomic mass is 9.95. The van der Waals surface area contributed by atoms with E-state index in [9.17, 15) is 0 Å². The molecule has 3 heteroatoms. The Balaban J connectivity index is 0.951. The maximum absolute atomic E-state index is 6.67. The van der Waals surface area contributed by atoms with Crippen molar-refractivity contribution in [2.24, 2.45) is 0 Å². The normalized spacial score (nSPS) is 14.5. The smallest absolute Gasteiger partial charge is 0.143 e. The number of para-hydroxylation sites is 1. The molecule has 1 aliphatic carbocycles. The third-order valence-electron chi connectivity index (χ3n) is 11.1. The van der Waals surface area contributed by atoms with E-state index in [-0.39, 0.29) is 6.10 Å². The number of hydrogen-bond acceptors (Lipinski definition) is 3. The highest BCUT2D eigenvalue weighted by molar-refractivity contribution is 6.19. The van der Waals surface area contributed by atoms with Crippen molar-refractivity contribution in [3.63, 3.8) is 0 Å². The Kier molecular flexibility index (Phi) is 7.31. The molecule has 0 saturated heterocycles. The van der Waals surface area contributed by atoms with Crippen molar-refractivity contribution in [2.45, 2.75) is 12.5 Å². The Labute approximate surface area is 319 Å². The number of benzene rings is 8. The molecule has 0 fully saturated rings. The van der Waals surface area contributed by atoms with Gasteiger partial charge in [-0.25, -0.2) is 0 Å². The van der Waals surface area contributed by atoms with Gasteiger partial charge >= 0.3 is 0 Å². The first-order valence-electron chi connectivity index (χ1n) is 18.9. The van der Waals surface area contributed by atoms with Crippen molar-refractivity contribution in [3.05, 3.63) is 200 Å². The van der Waals surface area contributed by atoms with Gasteiger partial charge in [-0.1, -0.05) is 133 Å². The molecule has 0 saturated carbocycles. The number of rotatable bonds is 6. The molecule has 11 rings (SSSR count). The van der Waals surface area contributed by atoms with E-state index in [2.05, 4.69) is 199 Å². The molecule has 0 amide bonds. The molecule has 260 valence electrons. The summed E-state index contributed by atoms with van der Waals surface area (Å²) in [5.74, 6) is 0.962. The molecule has 2 heterocycles. The lowest BCUT2D eigenvalue weighted by molar-refractivity contribution is 0.279. The minimum absolute atomic E-state index is 0.118. The predicted octanol–water partition coefficient (Wildman–Crippen LogP) is 14.3. The third-order valence-corrected chi connectivity index (χ3v) is 11.1. The Morgan fingerprint density at radius 2 is 1.13 bits per heavy atom. The summed E-state index contributed by atoms with van der Waals surface area (Å²) in [6, 6.07) is 62.9. The Morgan fingerprint density at radius 3 is 1.98 bits per heavy atom. The summed E-state index contributed by atoms with van der Waals surface area (Å²) < 4.78 is 13.0. The number of fused-ring (bicyclic) bond motifs is 8. The van der Waals surface area contributed by atoms with Gasteiger partial charge in [-0.15, -0.1) is 0 Å². The molecule has 55 heavy (non-hydrogen) atoms. The van der Waals surface area contributed by atoms with Gasteiger partial charge in [-0.3, -0.25) is 0 Å². The van der Waals surface area contributed by atoms with Gasteiger partial charge in [0.2, 0.25) is 0 Å². The van der Waals surface area contributed by atoms with Crippen LogP contribution < -0.4 is 9.64 Å². The van der Waals surface area contributed by atoms with E-state index in [1.165, 1.54) is 27.6 Å². The Bertz CT molecular complexity index is 2970. The summed E-state index contributed by atoms with van der Waals surface area (Å²) in [7, 11) is 0. The molecule has 9 aromatic rings. The highest BCUT2D eigenvalue weighted by Crippen LogP contribution is 2.44. The number of hydrogen-bond donors (Lipinski definition) is 0. The van der Waals surface area contributed by atoms with Crippen LogP contribution in [0, 0.1) is 0 Å². The van der Waals surface area contributed by atoms with E-state index in [0.29, 0.717) is 0 Å². The minimum atomic E-state index is 0.118. The molecular weight excluding hydrogens is 671 g/mol. The first kappa shape index (κ1) is 31.4. The molecule has 3 nitrogen and oxygen atoms in total. The van der Waals surface area contributed by atoms with Crippen molar-refractivity contribution in [3.8, 4) is 39.1 Å². The minimum Gasteiger partial charge on any atom is -0.485 e. The number of ether oxygens (including phenoxy) is 1. The highest BCUT2D eigenvalue weighted by Gasteiger charge is 2.29. The fourth-order valence-corrected chi connectivity index (χ4v) is 8.46. The van der Waals surface area contributed by atoms with Crippen LogP contribution in [0.1, 0.15) is 12.0 Å². The molecule has 1 unspecified atom stereocenters. The van der Waals surface area contributed by atoms with Crippen LogP contribution in [0.15, 0.2) is 199 Å². The fourth-order valence-electron chi connectivity index (χ4n) is 8.46. The molecule has 1 aromatic heterocycles.